The largest absolute Gasteiger partial charge is 0.464 e. The smallest absolute Gasteiger partial charge is 0.357 e. The SMILES string of the molecule is COC(=O)c1nc(Br)c(CBr)cc1C(F)F. The Hall–Kier alpha value is -0.560. The Kier molecular flexibility index (Phi) is 4.79. The average molecular weight is 359 g/mol. The van der Waals surface area contributed by atoms with E-state index in [1.807, 2.05) is 0 Å². The second-order valence-electron chi connectivity index (χ2n) is 2.80. The number of alkyl halides is 3. The van der Waals surface area contributed by atoms with Gasteiger partial charge in [0, 0.05) is 5.33 Å². The van der Waals surface area contributed by atoms with Crippen LogP contribution in [-0.4, -0.2) is 18.1 Å². The fraction of sp³-hybridized carbons (Fsp3) is 0.333. The summed E-state index contributed by atoms with van der Waals surface area (Å²) in [6, 6.07) is 1.22. The van der Waals surface area contributed by atoms with Crippen molar-refractivity contribution in [1.82, 2.24) is 4.98 Å². The van der Waals surface area contributed by atoms with E-state index in [4.69, 9.17) is 0 Å². The molecule has 88 valence electrons. The van der Waals surface area contributed by atoms with E-state index in [1.54, 1.807) is 0 Å². The van der Waals surface area contributed by atoms with Gasteiger partial charge in [-0.15, -0.1) is 0 Å². The van der Waals surface area contributed by atoms with Crippen molar-refractivity contribution in [3.63, 3.8) is 0 Å². The monoisotopic (exact) mass is 357 g/mol. The summed E-state index contributed by atoms with van der Waals surface area (Å²) in [6.07, 6.45) is -2.77. The zero-order valence-electron chi connectivity index (χ0n) is 8.14. The molecular weight excluding hydrogens is 352 g/mol. The number of methoxy groups -OCH3 is 1. The second kappa shape index (κ2) is 5.67. The molecule has 7 heteroatoms. The number of hydrogen-bond donors (Lipinski definition) is 0. The number of halogens is 4. The number of aromatic nitrogens is 1. The summed E-state index contributed by atoms with van der Waals surface area (Å²) < 4.78 is 30.1. The number of carbonyl (C=O) groups is 1. The predicted octanol–water partition coefficient (Wildman–Crippen LogP) is 3.46. The van der Waals surface area contributed by atoms with E-state index in [0.29, 0.717) is 15.5 Å². The molecule has 3 nitrogen and oxygen atoms in total. The molecule has 0 aliphatic carbocycles. The fourth-order valence-electron chi connectivity index (χ4n) is 1.07. The summed E-state index contributed by atoms with van der Waals surface area (Å²) in [5.41, 5.74) is -0.249. The minimum absolute atomic E-state index is 0.342. The minimum Gasteiger partial charge on any atom is -0.464 e. The van der Waals surface area contributed by atoms with Gasteiger partial charge in [-0.05, 0) is 27.6 Å². The number of esters is 1. The maximum atomic E-state index is 12.7. The van der Waals surface area contributed by atoms with Gasteiger partial charge in [0.1, 0.15) is 4.60 Å². The number of hydrogen-bond acceptors (Lipinski definition) is 3. The van der Waals surface area contributed by atoms with E-state index >= 15 is 0 Å². The molecule has 0 saturated carbocycles. The Morgan fingerprint density at radius 2 is 2.25 bits per heavy atom. The summed E-state index contributed by atoms with van der Waals surface area (Å²) in [5, 5.41) is 0.363. The molecule has 0 aliphatic rings. The standard InChI is InChI=1S/C9H7Br2F2NO2/c1-16-9(15)6-5(8(12)13)2-4(3-10)7(11)14-6/h2,8H,3H2,1H3. The summed E-state index contributed by atoms with van der Waals surface area (Å²) in [6.45, 7) is 0. The number of nitrogens with zero attached hydrogens (tertiary/aromatic N) is 1. The summed E-state index contributed by atoms with van der Waals surface area (Å²) in [5.74, 6) is -0.878. The van der Waals surface area contributed by atoms with Crippen LogP contribution < -0.4 is 0 Å². The topological polar surface area (TPSA) is 39.2 Å². The average Bonchev–Trinajstić information content (AvgIpc) is 2.27. The summed E-state index contributed by atoms with van der Waals surface area (Å²) >= 11 is 6.23. The molecule has 0 radical (unpaired) electrons. The van der Waals surface area contributed by atoms with Crippen molar-refractivity contribution in [3.05, 3.63) is 27.5 Å². The number of pyridine rings is 1. The molecule has 1 rings (SSSR count). The van der Waals surface area contributed by atoms with Crippen LogP contribution in [0.5, 0.6) is 0 Å². The van der Waals surface area contributed by atoms with Gasteiger partial charge in [0.15, 0.2) is 5.69 Å². The Balaban J connectivity index is 3.36. The quantitative estimate of drug-likeness (QED) is 0.472. The van der Waals surface area contributed by atoms with Crippen LogP contribution in [0.15, 0.2) is 10.7 Å². The predicted molar refractivity (Wildman–Crippen MR) is 60.9 cm³/mol. The first-order valence-corrected chi connectivity index (χ1v) is 6.04. The summed E-state index contributed by atoms with van der Waals surface area (Å²) in [7, 11) is 1.12. The van der Waals surface area contributed by atoms with Crippen molar-refractivity contribution < 1.29 is 18.3 Å². The van der Waals surface area contributed by atoms with Gasteiger partial charge < -0.3 is 4.74 Å². The highest BCUT2D eigenvalue weighted by atomic mass is 79.9. The van der Waals surface area contributed by atoms with Gasteiger partial charge >= 0.3 is 5.97 Å². The van der Waals surface area contributed by atoms with E-state index in [0.717, 1.165) is 7.11 Å². The van der Waals surface area contributed by atoms with Crippen LogP contribution in [0.4, 0.5) is 8.78 Å². The Morgan fingerprint density at radius 1 is 1.62 bits per heavy atom. The van der Waals surface area contributed by atoms with Gasteiger partial charge in [0.25, 0.3) is 6.43 Å². The van der Waals surface area contributed by atoms with Gasteiger partial charge in [-0.2, -0.15) is 0 Å². The van der Waals surface area contributed by atoms with Gasteiger partial charge in [-0.25, -0.2) is 18.6 Å². The first-order chi connectivity index (χ1) is 7.51. The first-order valence-electron chi connectivity index (χ1n) is 4.13. The van der Waals surface area contributed by atoms with Crippen LogP contribution in [-0.2, 0) is 10.1 Å². The first kappa shape index (κ1) is 13.5. The van der Waals surface area contributed by atoms with E-state index in [9.17, 15) is 13.6 Å². The summed E-state index contributed by atoms with van der Waals surface area (Å²) in [4.78, 5) is 15.0. The highest BCUT2D eigenvalue weighted by Gasteiger charge is 2.22. The van der Waals surface area contributed by atoms with Gasteiger partial charge in [0.2, 0.25) is 0 Å². The molecular formula is C9H7Br2F2NO2. The van der Waals surface area contributed by atoms with Gasteiger partial charge in [-0.3, -0.25) is 0 Å². The molecule has 1 aromatic rings. The van der Waals surface area contributed by atoms with Crippen molar-refractivity contribution in [2.75, 3.05) is 7.11 Å². The van der Waals surface area contributed by atoms with Crippen molar-refractivity contribution in [3.8, 4) is 0 Å². The van der Waals surface area contributed by atoms with Crippen LogP contribution in [0.2, 0.25) is 0 Å². The molecule has 1 heterocycles. The Morgan fingerprint density at radius 3 is 2.69 bits per heavy atom. The van der Waals surface area contributed by atoms with Crippen LogP contribution in [0.1, 0.15) is 28.0 Å². The molecule has 0 amide bonds. The molecule has 0 fully saturated rings. The molecule has 0 bridgehead atoms. The lowest BCUT2D eigenvalue weighted by atomic mass is 10.1. The molecule has 0 N–H and O–H groups in total. The molecule has 0 spiro atoms. The van der Waals surface area contributed by atoms with Crippen molar-refractivity contribution >= 4 is 37.8 Å². The molecule has 0 saturated heterocycles. The lowest BCUT2D eigenvalue weighted by molar-refractivity contribution is 0.0581. The van der Waals surface area contributed by atoms with Crippen molar-refractivity contribution in [1.29, 1.82) is 0 Å². The molecule has 16 heavy (non-hydrogen) atoms. The van der Waals surface area contributed by atoms with E-state index in [-0.39, 0.29) is 5.69 Å². The van der Waals surface area contributed by atoms with Gasteiger partial charge in [-0.1, -0.05) is 15.9 Å². The second-order valence-corrected chi connectivity index (χ2v) is 4.11. The van der Waals surface area contributed by atoms with E-state index < -0.39 is 18.0 Å². The van der Waals surface area contributed by atoms with E-state index in [2.05, 4.69) is 41.6 Å². The van der Waals surface area contributed by atoms with Crippen molar-refractivity contribution in [2.45, 2.75) is 11.8 Å². The number of rotatable bonds is 3. The molecule has 0 atom stereocenters. The fourth-order valence-corrected chi connectivity index (χ4v) is 2.31. The normalized spacial score (nSPS) is 10.6. The third-order valence-corrected chi connectivity index (χ3v) is 3.13. The van der Waals surface area contributed by atoms with Gasteiger partial charge in [0.05, 0.1) is 12.7 Å². The van der Waals surface area contributed by atoms with Crippen LogP contribution in [0, 0.1) is 0 Å². The highest BCUT2D eigenvalue weighted by Crippen LogP contribution is 2.28. The van der Waals surface area contributed by atoms with Crippen LogP contribution in [0.3, 0.4) is 0 Å². The molecule has 0 aliphatic heterocycles. The van der Waals surface area contributed by atoms with Crippen molar-refractivity contribution in [2.24, 2.45) is 0 Å². The molecule has 0 aromatic carbocycles. The Bertz CT molecular complexity index is 413. The maximum Gasteiger partial charge on any atom is 0.357 e. The van der Waals surface area contributed by atoms with Crippen LogP contribution in [0.25, 0.3) is 0 Å². The third-order valence-electron chi connectivity index (χ3n) is 1.84. The zero-order valence-corrected chi connectivity index (χ0v) is 11.3. The lowest BCUT2D eigenvalue weighted by Gasteiger charge is -2.09. The maximum absolute atomic E-state index is 12.7. The highest BCUT2D eigenvalue weighted by molar-refractivity contribution is 9.10. The minimum atomic E-state index is -2.77. The van der Waals surface area contributed by atoms with E-state index in [1.165, 1.54) is 6.07 Å². The van der Waals surface area contributed by atoms with Crippen LogP contribution >= 0.6 is 31.9 Å². The Labute approximate surface area is 107 Å². The zero-order chi connectivity index (χ0) is 12.3. The molecule has 0 unspecified atom stereocenters. The third kappa shape index (κ3) is 2.76. The number of ether oxygens (including phenoxy) is 1. The number of carbonyl (C=O) groups excluding carboxylic acids is 1. The molecule has 1 aromatic heterocycles. The lowest BCUT2D eigenvalue weighted by Crippen LogP contribution is -2.10.